The number of hydrogen-bond donors (Lipinski definition) is 2. The molecule has 0 spiro atoms. The van der Waals surface area contributed by atoms with E-state index in [1.165, 1.54) is 6.42 Å². The lowest BCUT2D eigenvalue weighted by Gasteiger charge is -2.20. The number of nitriles is 1. The van der Waals surface area contributed by atoms with Crippen LogP contribution in [0.4, 0.5) is 0 Å². The molecular weight excluding hydrogens is 318 g/mol. The van der Waals surface area contributed by atoms with Crippen LogP contribution in [-0.4, -0.2) is 27.7 Å². The van der Waals surface area contributed by atoms with Crippen molar-refractivity contribution >= 4 is 22.6 Å². The molecule has 0 saturated heterocycles. The maximum atomic E-state index is 11.9. The van der Waals surface area contributed by atoms with Gasteiger partial charge in [0.25, 0.3) is 0 Å². The normalized spacial score (nSPS) is 16.3. The van der Waals surface area contributed by atoms with E-state index >= 15 is 0 Å². The fraction of sp³-hybridized carbons (Fsp3) is 0.421. The molecule has 3 rings (SSSR count). The van der Waals surface area contributed by atoms with Crippen LogP contribution < -0.4 is 0 Å². The molecule has 0 amide bonds. The molecule has 25 heavy (non-hydrogen) atoms. The maximum absolute atomic E-state index is 11.9. The minimum atomic E-state index is -0.333. The molecule has 6 nitrogen and oxygen atoms in total. The maximum Gasteiger partial charge on any atom is 0.306 e. The number of aromatic nitrogens is 2. The molecule has 0 aliphatic heterocycles. The molecule has 6 heteroatoms. The van der Waals surface area contributed by atoms with Crippen LogP contribution in [0.15, 0.2) is 30.0 Å². The largest absolute Gasteiger partial charge is 0.507 e. The highest BCUT2D eigenvalue weighted by Crippen LogP contribution is 2.26. The minimum absolute atomic E-state index is 0.0123. The van der Waals surface area contributed by atoms with E-state index in [1.807, 2.05) is 30.3 Å². The quantitative estimate of drug-likeness (QED) is 0.489. The Balaban J connectivity index is 1.65. The fourth-order valence-corrected chi connectivity index (χ4v) is 3.23. The molecule has 1 saturated carbocycles. The number of rotatable bonds is 5. The van der Waals surface area contributed by atoms with Crippen molar-refractivity contribution in [3.63, 3.8) is 0 Å². The van der Waals surface area contributed by atoms with Gasteiger partial charge < -0.3 is 14.8 Å². The second-order valence-corrected chi connectivity index (χ2v) is 6.40. The number of aliphatic hydroxyl groups is 1. The first-order chi connectivity index (χ1) is 12.2. The molecule has 1 aromatic heterocycles. The minimum Gasteiger partial charge on any atom is -0.507 e. The van der Waals surface area contributed by atoms with Crippen LogP contribution in [0.25, 0.3) is 16.6 Å². The third-order valence-corrected chi connectivity index (χ3v) is 4.58. The molecule has 1 aromatic carbocycles. The third-order valence-electron chi connectivity index (χ3n) is 4.58. The van der Waals surface area contributed by atoms with E-state index in [4.69, 9.17) is 4.74 Å². The lowest BCUT2D eigenvalue weighted by Crippen LogP contribution is -2.15. The number of fused-ring (bicyclic) bond motifs is 1. The van der Waals surface area contributed by atoms with E-state index in [2.05, 4.69) is 9.97 Å². The number of hydrogen-bond acceptors (Lipinski definition) is 5. The number of nitrogens with zero attached hydrogens (tertiary/aromatic N) is 2. The van der Waals surface area contributed by atoms with Crippen molar-refractivity contribution in [2.45, 2.75) is 38.5 Å². The topological polar surface area (TPSA) is 99.0 Å². The van der Waals surface area contributed by atoms with Gasteiger partial charge in [0.2, 0.25) is 0 Å². The third kappa shape index (κ3) is 4.18. The first kappa shape index (κ1) is 17.0. The summed E-state index contributed by atoms with van der Waals surface area (Å²) >= 11 is 0. The predicted molar refractivity (Wildman–Crippen MR) is 93.4 cm³/mol. The number of aliphatic hydroxyl groups excluding tert-OH is 1. The average Bonchev–Trinajstić information content (AvgIpc) is 3.05. The zero-order valence-electron chi connectivity index (χ0n) is 14.0. The molecule has 2 N–H and O–H groups in total. The van der Waals surface area contributed by atoms with Gasteiger partial charge in [-0.15, -0.1) is 0 Å². The van der Waals surface area contributed by atoms with Gasteiger partial charge in [-0.2, -0.15) is 5.26 Å². The van der Waals surface area contributed by atoms with Gasteiger partial charge in [0.15, 0.2) is 11.6 Å². The first-order valence-electron chi connectivity index (χ1n) is 8.60. The Hall–Kier alpha value is -2.81. The second kappa shape index (κ2) is 7.84. The number of esters is 1. The number of ether oxygens (including phenoxy) is 1. The van der Waals surface area contributed by atoms with E-state index in [0.29, 0.717) is 17.9 Å². The molecule has 0 bridgehead atoms. The zero-order chi connectivity index (χ0) is 17.6. The number of imidazole rings is 1. The Morgan fingerprint density at radius 3 is 2.80 bits per heavy atom. The SMILES string of the molecule is N#CC(=C(O)COC(=O)CC1CCCCC1)c1nc2ccccc2[nH]1. The molecule has 1 fully saturated rings. The van der Waals surface area contributed by atoms with Gasteiger partial charge in [0.05, 0.1) is 11.0 Å². The van der Waals surface area contributed by atoms with Crippen molar-refractivity contribution in [1.82, 2.24) is 9.97 Å². The Labute approximate surface area is 146 Å². The van der Waals surface area contributed by atoms with Gasteiger partial charge in [-0.25, -0.2) is 4.98 Å². The average molecular weight is 339 g/mol. The molecule has 1 heterocycles. The fourth-order valence-electron chi connectivity index (χ4n) is 3.23. The summed E-state index contributed by atoms with van der Waals surface area (Å²) in [6.07, 6.45) is 6.04. The Morgan fingerprint density at radius 2 is 2.08 bits per heavy atom. The highest BCUT2D eigenvalue weighted by atomic mass is 16.5. The Kier molecular flexibility index (Phi) is 5.34. The molecule has 0 radical (unpaired) electrons. The van der Waals surface area contributed by atoms with Gasteiger partial charge in [-0.3, -0.25) is 4.79 Å². The van der Waals surface area contributed by atoms with Crippen molar-refractivity contribution in [3.05, 3.63) is 35.8 Å². The van der Waals surface area contributed by atoms with Crippen molar-refractivity contribution in [2.75, 3.05) is 6.61 Å². The highest BCUT2D eigenvalue weighted by molar-refractivity contribution is 5.82. The van der Waals surface area contributed by atoms with Gasteiger partial charge in [-0.1, -0.05) is 31.4 Å². The van der Waals surface area contributed by atoms with Crippen LogP contribution in [-0.2, 0) is 9.53 Å². The van der Waals surface area contributed by atoms with Crippen molar-refractivity contribution in [2.24, 2.45) is 5.92 Å². The molecule has 1 aliphatic rings. The molecular formula is C19H21N3O3. The van der Waals surface area contributed by atoms with E-state index in [1.54, 1.807) is 0 Å². The van der Waals surface area contributed by atoms with E-state index in [0.717, 1.165) is 31.2 Å². The lowest BCUT2D eigenvalue weighted by atomic mass is 9.87. The van der Waals surface area contributed by atoms with Crippen molar-refractivity contribution in [3.8, 4) is 6.07 Å². The Morgan fingerprint density at radius 1 is 1.32 bits per heavy atom. The van der Waals surface area contributed by atoms with Crippen LogP contribution in [0.5, 0.6) is 0 Å². The monoisotopic (exact) mass is 339 g/mol. The molecule has 130 valence electrons. The van der Waals surface area contributed by atoms with Crippen LogP contribution >= 0.6 is 0 Å². The molecule has 0 atom stereocenters. The van der Waals surface area contributed by atoms with Crippen molar-refractivity contribution in [1.29, 1.82) is 5.26 Å². The number of carbonyl (C=O) groups is 1. The van der Waals surface area contributed by atoms with E-state index in [9.17, 15) is 15.2 Å². The summed E-state index contributed by atoms with van der Waals surface area (Å²) in [5.74, 6) is 0.0154. The van der Waals surface area contributed by atoms with Crippen molar-refractivity contribution < 1.29 is 14.6 Å². The number of carbonyl (C=O) groups excluding carboxylic acids is 1. The molecule has 0 unspecified atom stereocenters. The summed E-state index contributed by atoms with van der Waals surface area (Å²) in [5, 5.41) is 19.5. The summed E-state index contributed by atoms with van der Waals surface area (Å²) in [7, 11) is 0. The molecule has 1 aliphatic carbocycles. The van der Waals surface area contributed by atoms with Crippen LogP contribution in [0, 0.1) is 17.2 Å². The predicted octanol–water partition coefficient (Wildman–Crippen LogP) is 3.87. The summed E-state index contributed by atoms with van der Waals surface area (Å²) in [4.78, 5) is 19.2. The number of benzene rings is 1. The zero-order valence-corrected chi connectivity index (χ0v) is 14.0. The summed E-state index contributed by atoms with van der Waals surface area (Å²) in [6, 6.07) is 9.27. The van der Waals surface area contributed by atoms with Gasteiger partial charge >= 0.3 is 5.97 Å². The van der Waals surface area contributed by atoms with Gasteiger partial charge in [-0.05, 0) is 30.9 Å². The summed E-state index contributed by atoms with van der Waals surface area (Å²) in [6.45, 7) is -0.314. The first-order valence-corrected chi connectivity index (χ1v) is 8.60. The number of nitrogens with one attached hydrogen (secondary N) is 1. The van der Waals surface area contributed by atoms with Crippen LogP contribution in [0.1, 0.15) is 44.3 Å². The van der Waals surface area contributed by atoms with Crippen LogP contribution in [0.2, 0.25) is 0 Å². The number of aromatic amines is 1. The standard InChI is InChI=1S/C19H21N3O3/c20-11-14(19-21-15-8-4-5-9-16(15)22-19)17(23)12-25-18(24)10-13-6-2-1-3-7-13/h4-5,8-9,13,23H,1-3,6-7,10,12H2,(H,21,22). The van der Waals surface area contributed by atoms with Crippen LogP contribution in [0.3, 0.4) is 0 Å². The number of allylic oxidation sites excluding steroid dienone is 1. The Bertz CT molecular complexity index is 793. The summed E-state index contributed by atoms with van der Waals surface area (Å²) < 4.78 is 5.15. The van der Waals surface area contributed by atoms with E-state index < -0.39 is 0 Å². The van der Waals surface area contributed by atoms with Gasteiger partial charge in [0, 0.05) is 6.42 Å². The second-order valence-electron chi connectivity index (χ2n) is 6.40. The lowest BCUT2D eigenvalue weighted by molar-refractivity contribution is -0.144. The van der Waals surface area contributed by atoms with E-state index in [-0.39, 0.29) is 29.7 Å². The highest BCUT2D eigenvalue weighted by Gasteiger charge is 2.19. The molecule has 2 aromatic rings. The van der Waals surface area contributed by atoms with Gasteiger partial charge in [0.1, 0.15) is 18.2 Å². The number of para-hydroxylation sites is 2. The summed E-state index contributed by atoms with van der Waals surface area (Å²) in [5.41, 5.74) is 1.46. The number of H-pyrrole nitrogens is 1. The smallest absolute Gasteiger partial charge is 0.306 e.